The predicted molar refractivity (Wildman–Crippen MR) is 67.2 cm³/mol. The van der Waals surface area contributed by atoms with Gasteiger partial charge in [0.2, 0.25) is 0 Å². The van der Waals surface area contributed by atoms with E-state index in [1.807, 2.05) is 0 Å². The van der Waals surface area contributed by atoms with Crippen molar-refractivity contribution in [2.45, 2.75) is 13.1 Å². The van der Waals surface area contributed by atoms with E-state index in [-0.39, 0.29) is 5.56 Å². The molecule has 0 aliphatic heterocycles. The van der Waals surface area contributed by atoms with Gasteiger partial charge in [-0.3, -0.25) is 9.48 Å². The van der Waals surface area contributed by atoms with Crippen LogP contribution in [0.25, 0.3) is 11.0 Å². The summed E-state index contributed by atoms with van der Waals surface area (Å²) in [5.41, 5.74) is 5.78. The van der Waals surface area contributed by atoms with Crippen LogP contribution in [0.1, 0.15) is 0 Å². The topological polar surface area (TPSA) is 109 Å². The molecule has 0 fully saturated rings. The van der Waals surface area contributed by atoms with E-state index < -0.39 is 0 Å². The minimum atomic E-state index is -0.210. The highest BCUT2D eigenvalue weighted by molar-refractivity contribution is 5.72. The SMILES string of the molecule is Cn1ncc2c(=O)n(CCn3ccc(N)n3)nnc21. The number of anilines is 1. The fraction of sp³-hybridized carbons (Fsp3) is 0.300. The first-order chi connectivity index (χ1) is 9.15. The van der Waals surface area contributed by atoms with Crippen LogP contribution in [0.5, 0.6) is 0 Å². The molecule has 0 radical (unpaired) electrons. The highest BCUT2D eigenvalue weighted by atomic mass is 16.1. The molecule has 0 unspecified atom stereocenters. The number of aryl methyl sites for hydroxylation is 3. The number of nitrogens with zero attached hydrogens (tertiary/aromatic N) is 7. The van der Waals surface area contributed by atoms with E-state index in [1.54, 1.807) is 24.0 Å². The van der Waals surface area contributed by atoms with Crippen molar-refractivity contribution >= 4 is 16.9 Å². The molecule has 0 atom stereocenters. The summed E-state index contributed by atoms with van der Waals surface area (Å²) in [5.74, 6) is 0.446. The van der Waals surface area contributed by atoms with Crippen LogP contribution in [0.15, 0.2) is 23.3 Å². The second kappa shape index (κ2) is 4.19. The first-order valence-electron chi connectivity index (χ1n) is 5.69. The van der Waals surface area contributed by atoms with Crippen LogP contribution >= 0.6 is 0 Å². The Morgan fingerprint density at radius 2 is 2.21 bits per heavy atom. The van der Waals surface area contributed by atoms with E-state index in [0.29, 0.717) is 29.9 Å². The van der Waals surface area contributed by atoms with E-state index in [4.69, 9.17) is 5.73 Å². The zero-order chi connectivity index (χ0) is 13.4. The molecule has 0 saturated heterocycles. The molecular weight excluding hydrogens is 248 g/mol. The molecule has 9 nitrogen and oxygen atoms in total. The van der Waals surface area contributed by atoms with Gasteiger partial charge >= 0.3 is 0 Å². The molecule has 0 aliphatic rings. The van der Waals surface area contributed by atoms with Gasteiger partial charge in [0.25, 0.3) is 5.56 Å². The molecule has 0 spiro atoms. The van der Waals surface area contributed by atoms with E-state index in [9.17, 15) is 4.79 Å². The van der Waals surface area contributed by atoms with Gasteiger partial charge < -0.3 is 5.73 Å². The van der Waals surface area contributed by atoms with E-state index in [0.717, 1.165) is 0 Å². The standard InChI is InChI=1S/C10H12N8O/c1-16-9-7(6-12-16)10(19)18(15-13-9)5-4-17-3-2-8(11)14-17/h2-3,6H,4-5H2,1H3,(H2,11,14). The summed E-state index contributed by atoms with van der Waals surface area (Å²) in [6, 6.07) is 1.69. The minimum Gasteiger partial charge on any atom is -0.382 e. The summed E-state index contributed by atoms with van der Waals surface area (Å²) in [6.07, 6.45) is 3.24. The highest BCUT2D eigenvalue weighted by Gasteiger charge is 2.09. The van der Waals surface area contributed by atoms with Crippen molar-refractivity contribution in [2.24, 2.45) is 7.05 Å². The van der Waals surface area contributed by atoms with Crippen molar-refractivity contribution in [1.29, 1.82) is 0 Å². The lowest BCUT2D eigenvalue weighted by molar-refractivity contribution is 0.469. The molecule has 3 aromatic heterocycles. The molecule has 98 valence electrons. The molecule has 3 rings (SSSR count). The Balaban J connectivity index is 1.89. The summed E-state index contributed by atoms with van der Waals surface area (Å²) in [6.45, 7) is 0.870. The molecule has 0 saturated carbocycles. The zero-order valence-electron chi connectivity index (χ0n) is 10.3. The predicted octanol–water partition coefficient (Wildman–Crippen LogP) is -0.996. The lowest BCUT2D eigenvalue weighted by Gasteiger charge is -2.03. The maximum atomic E-state index is 12.1. The fourth-order valence-electron chi connectivity index (χ4n) is 1.82. The maximum Gasteiger partial charge on any atom is 0.280 e. The van der Waals surface area contributed by atoms with Gasteiger partial charge in [-0.15, -0.1) is 5.10 Å². The van der Waals surface area contributed by atoms with Crippen molar-refractivity contribution in [3.63, 3.8) is 0 Å². The van der Waals surface area contributed by atoms with Gasteiger partial charge in [-0.1, -0.05) is 5.21 Å². The van der Waals surface area contributed by atoms with Gasteiger partial charge in [0.05, 0.1) is 19.3 Å². The van der Waals surface area contributed by atoms with Crippen LogP contribution < -0.4 is 11.3 Å². The highest BCUT2D eigenvalue weighted by Crippen LogP contribution is 2.02. The largest absolute Gasteiger partial charge is 0.382 e. The molecule has 0 bridgehead atoms. The first kappa shape index (κ1) is 11.4. The number of nitrogen functional groups attached to an aromatic ring is 1. The summed E-state index contributed by atoms with van der Waals surface area (Å²) < 4.78 is 4.46. The minimum absolute atomic E-state index is 0.210. The van der Waals surface area contributed by atoms with Gasteiger partial charge in [0.15, 0.2) is 5.65 Å². The third-order valence-corrected chi connectivity index (χ3v) is 2.82. The van der Waals surface area contributed by atoms with Crippen LogP contribution in [0.4, 0.5) is 5.82 Å². The second-order valence-electron chi connectivity index (χ2n) is 4.13. The average Bonchev–Trinajstić information content (AvgIpc) is 2.96. The normalized spacial score (nSPS) is 11.2. The number of hydrogen-bond donors (Lipinski definition) is 1. The van der Waals surface area contributed by atoms with Crippen molar-refractivity contribution in [3.8, 4) is 0 Å². The van der Waals surface area contributed by atoms with Crippen LogP contribution in [0.2, 0.25) is 0 Å². The smallest absolute Gasteiger partial charge is 0.280 e. The van der Waals surface area contributed by atoms with E-state index in [1.165, 1.54) is 15.6 Å². The number of rotatable bonds is 3. The number of aromatic nitrogens is 7. The van der Waals surface area contributed by atoms with E-state index >= 15 is 0 Å². The lowest BCUT2D eigenvalue weighted by atomic mass is 10.4. The Morgan fingerprint density at radius 3 is 2.95 bits per heavy atom. The molecule has 3 heterocycles. The third kappa shape index (κ3) is 1.94. The average molecular weight is 260 g/mol. The molecule has 3 aromatic rings. The van der Waals surface area contributed by atoms with Gasteiger partial charge in [-0.25, -0.2) is 9.36 Å². The van der Waals surface area contributed by atoms with Gasteiger partial charge in [-0.05, 0) is 6.07 Å². The third-order valence-electron chi connectivity index (χ3n) is 2.82. The monoisotopic (exact) mass is 260 g/mol. The van der Waals surface area contributed by atoms with E-state index in [2.05, 4.69) is 20.5 Å². The van der Waals surface area contributed by atoms with Crippen molar-refractivity contribution in [1.82, 2.24) is 34.6 Å². The Morgan fingerprint density at radius 1 is 1.37 bits per heavy atom. The molecule has 19 heavy (non-hydrogen) atoms. The van der Waals surface area contributed by atoms with Gasteiger partial charge in [0, 0.05) is 13.2 Å². The molecule has 0 aromatic carbocycles. The Hall–Kier alpha value is -2.71. The van der Waals surface area contributed by atoms with Crippen molar-refractivity contribution in [2.75, 3.05) is 5.73 Å². The van der Waals surface area contributed by atoms with Crippen LogP contribution in [-0.4, -0.2) is 34.6 Å². The molecule has 2 N–H and O–H groups in total. The Kier molecular flexibility index (Phi) is 2.51. The van der Waals surface area contributed by atoms with Crippen molar-refractivity contribution < 1.29 is 0 Å². The van der Waals surface area contributed by atoms with Gasteiger partial charge in [0.1, 0.15) is 11.2 Å². The second-order valence-corrected chi connectivity index (χ2v) is 4.13. The Labute approximate surface area is 107 Å². The molecular formula is C10H12N8O. The number of hydrogen-bond acceptors (Lipinski definition) is 6. The lowest BCUT2D eigenvalue weighted by Crippen LogP contribution is -2.26. The quantitative estimate of drug-likeness (QED) is 0.647. The van der Waals surface area contributed by atoms with Crippen LogP contribution in [0.3, 0.4) is 0 Å². The van der Waals surface area contributed by atoms with Crippen molar-refractivity contribution in [3.05, 3.63) is 28.8 Å². The first-order valence-corrected chi connectivity index (χ1v) is 5.69. The molecule has 0 amide bonds. The summed E-state index contributed by atoms with van der Waals surface area (Å²) in [5, 5.41) is 16.3. The molecule has 0 aliphatic carbocycles. The summed E-state index contributed by atoms with van der Waals surface area (Å²) >= 11 is 0. The van der Waals surface area contributed by atoms with Gasteiger partial charge in [-0.2, -0.15) is 10.2 Å². The number of nitrogens with two attached hydrogens (primary N) is 1. The summed E-state index contributed by atoms with van der Waals surface area (Å²) in [7, 11) is 1.72. The maximum absolute atomic E-state index is 12.1. The number of fused-ring (bicyclic) bond motifs is 1. The zero-order valence-corrected chi connectivity index (χ0v) is 10.3. The Bertz CT molecular complexity index is 782. The van der Waals surface area contributed by atoms with Crippen LogP contribution in [-0.2, 0) is 20.1 Å². The fourth-order valence-corrected chi connectivity index (χ4v) is 1.82. The molecule has 9 heteroatoms. The summed E-state index contributed by atoms with van der Waals surface area (Å²) in [4.78, 5) is 12.1. The van der Waals surface area contributed by atoms with Crippen LogP contribution in [0, 0.1) is 0 Å².